The first-order chi connectivity index (χ1) is 9.82. The van der Waals surface area contributed by atoms with Crippen LogP contribution in [0.25, 0.3) is 0 Å². The third-order valence-electron chi connectivity index (χ3n) is 4.96. The molecule has 22 heavy (non-hydrogen) atoms. The number of carbonyl (C=O) groups is 1. The van der Waals surface area contributed by atoms with E-state index in [2.05, 4.69) is 38.1 Å². The van der Waals surface area contributed by atoms with Gasteiger partial charge in [0, 0.05) is 13.1 Å². The molecule has 1 unspecified atom stereocenters. The van der Waals surface area contributed by atoms with Crippen LogP contribution in [0.4, 0.5) is 0 Å². The third-order valence-corrected chi connectivity index (χ3v) is 4.96. The Balaban J connectivity index is 0.00000242. The van der Waals surface area contributed by atoms with Gasteiger partial charge in [0.05, 0.1) is 5.41 Å². The molecule has 0 aromatic heterocycles. The van der Waals surface area contributed by atoms with E-state index >= 15 is 0 Å². The molecular formula is C18H29ClN2O. The standard InChI is InChI=1S/C18H28N2O.ClH/c1-5-14-6-8-15(9-7-14)17(2,3)16(21)20-11-10-18(4,12-19)13-20;/h6-9H,5,10-13,19H2,1-4H3;1H. The fourth-order valence-electron chi connectivity index (χ4n) is 3.04. The van der Waals surface area contributed by atoms with Crippen molar-refractivity contribution in [3.05, 3.63) is 35.4 Å². The minimum absolute atomic E-state index is 0. The molecule has 0 saturated carbocycles. The molecule has 2 N–H and O–H groups in total. The lowest BCUT2D eigenvalue weighted by molar-refractivity contribution is -0.135. The second-order valence-electron chi connectivity index (χ2n) is 7.17. The molecule has 124 valence electrons. The quantitative estimate of drug-likeness (QED) is 0.924. The second kappa shape index (κ2) is 7.01. The van der Waals surface area contributed by atoms with E-state index in [1.165, 1.54) is 5.56 Å². The van der Waals surface area contributed by atoms with Crippen LogP contribution in [0.15, 0.2) is 24.3 Å². The zero-order chi connectivity index (χ0) is 15.7. The van der Waals surface area contributed by atoms with Crippen molar-refractivity contribution in [1.82, 2.24) is 4.90 Å². The van der Waals surface area contributed by atoms with E-state index in [0.29, 0.717) is 6.54 Å². The molecule has 0 spiro atoms. The van der Waals surface area contributed by atoms with Gasteiger partial charge in [-0.25, -0.2) is 0 Å². The van der Waals surface area contributed by atoms with Crippen LogP contribution in [0.3, 0.4) is 0 Å². The molecule has 0 bridgehead atoms. The summed E-state index contributed by atoms with van der Waals surface area (Å²) in [7, 11) is 0. The van der Waals surface area contributed by atoms with Gasteiger partial charge in [-0.15, -0.1) is 12.4 Å². The van der Waals surface area contributed by atoms with Crippen LogP contribution < -0.4 is 5.73 Å². The highest BCUT2D eigenvalue weighted by atomic mass is 35.5. The van der Waals surface area contributed by atoms with Gasteiger partial charge >= 0.3 is 0 Å². The molecule has 1 atom stereocenters. The molecule has 0 radical (unpaired) electrons. The Hall–Kier alpha value is -1.06. The van der Waals surface area contributed by atoms with Crippen LogP contribution in [0.1, 0.15) is 45.2 Å². The molecule has 1 aromatic carbocycles. The summed E-state index contributed by atoms with van der Waals surface area (Å²) in [5.74, 6) is 0.212. The Morgan fingerprint density at radius 2 is 1.91 bits per heavy atom. The van der Waals surface area contributed by atoms with E-state index in [4.69, 9.17) is 5.73 Å². The van der Waals surface area contributed by atoms with Crippen LogP contribution in [0.5, 0.6) is 0 Å². The van der Waals surface area contributed by atoms with Gasteiger partial charge in [0.15, 0.2) is 0 Å². The predicted octanol–water partition coefficient (Wildman–Crippen LogP) is 3.15. The summed E-state index contributed by atoms with van der Waals surface area (Å²) in [5.41, 5.74) is 7.84. The maximum atomic E-state index is 12.9. The number of carbonyl (C=O) groups excluding carboxylic acids is 1. The first-order valence-corrected chi connectivity index (χ1v) is 7.91. The maximum Gasteiger partial charge on any atom is 0.232 e. The molecule has 0 aliphatic carbocycles. The van der Waals surface area contributed by atoms with E-state index < -0.39 is 5.41 Å². The summed E-state index contributed by atoms with van der Waals surface area (Å²) >= 11 is 0. The summed E-state index contributed by atoms with van der Waals surface area (Å²) in [6, 6.07) is 8.43. The number of rotatable bonds is 4. The fraction of sp³-hybridized carbons (Fsp3) is 0.611. The zero-order valence-corrected chi connectivity index (χ0v) is 15.0. The van der Waals surface area contributed by atoms with Crippen molar-refractivity contribution in [2.75, 3.05) is 19.6 Å². The molecule has 3 nitrogen and oxygen atoms in total. The molecule has 1 aliphatic rings. The van der Waals surface area contributed by atoms with Crippen LogP contribution >= 0.6 is 12.4 Å². The lowest BCUT2D eigenvalue weighted by Gasteiger charge is -2.31. The minimum atomic E-state index is -0.480. The van der Waals surface area contributed by atoms with Gasteiger partial charge in [-0.2, -0.15) is 0 Å². The Labute approximate surface area is 140 Å². The number of halogens is 1. The number of nitrogens with two attached hydrogens (primary N) is 1. The van der Waals surface area contributed by atoms with Gasteiger partial charge in [0.25, 0.3) is 0 Å². The Kier molecular flexibility index (Phi) is 6.05. The summed E-state index contributed by atoms with van der Waals surface area (Å²) < 4.78 is 0. The maximum absolute atomic E-state index is 12.9. The van der Waals surface area contributed by atoms with Gasteiger partial charge in [-0.3, -0.25) is 4.79 Å². The van der Waals surface area contributed by atoms with Crippen molar-refractivity contribution in [1.29, 1.82) is 0 Å². The number of hydrogen-bond donors (Lipinski definition) is 1. The average molecular weight is 325 g/mol. The SMILES string of the molecule is CCc1ccc(C(C)(C)C(=O)N2CCC(C)(CN)C2)cc1.Cl. The van der Waals surface area contributed by atoms with E-state index in [1.807, 2.05) is 18.7 Å². The van der Waals surface area contributed by atoms with E-state index in [9.17, 15) is 4.79 Å². The topological polar surface area (TPSA) is 46.3 Å². The number of nitrogens with zero attached hydrogens (tertiary/aromatic N) is 1. The molecule has 1 amide bonds. The van der Waals surface area contributed by atoms with Crippen molar-refractivity contribution in [2.45, 2.75) is 46.0 Å². The summed E-state index contributed by atoms with van der Waals surface area (Å²) in [6.07, 6.45) is 2.02. The van der Waals surface area contributed by atoms with Crippen molar-refractivity contribution in [3.8, 4) is 0 Å². The van der Waals surface area contributed by atoms with Crippen LogP contribution in [-0.2, 0) is 16.6 Å². The van der Waals surface area contributed by atoms with E-state index in [0.717, 1.165) is 31.5 Å². The van der Waals surface area contributed by atoms with Crippen molar-refractivity contribution in [3.63, 3.8) is 0 Å². The first-order valence-electron chi connectivity index (χ1n) is 7.91. The van der Waals surface area contributed by atoms with Crippen molar-refractivity contribution in [2.24, 2.45) is 11.1 Å². The van der Waals surface area contributed by atoms with Crippen LogP contribution in [0.2, 0.25) is 0 Å². The highest BCUT2D eigenvalue weighted by Gasteiger charge is 2.40. The second-order valence-corrected chi connectivity index (χ2v) is 7.17. The Morgan fingerprint density at radius 1 is 1.32 bits per heavy atom. The predicted molar refractivity (Wildman–Crippen MR) is 94.5 cm³/mol. The zero-order valence-electron chi connectivity index (χ0n) is 14.2. The normalized spacial score (nSPS) is 21.6. The van der Waals surface area contributed by atoms with Gasteiger partial charge in [-0.05, 0) is 49.8 Å². The molecule has 4 heteroatoms. The number of hydrogen-bond acceptors (Lipinski definition) is 2. The highest BCUT2D eigenvalue weighted by Crippen LogP contribution is 2.33. The summed E-state index contributed by atoms with van der Waals surface area (Å²) in [5, 5.41) is 0. The number of aryl methyl sites for hydroxylation is 1. The third kappa shape index (κ3) is 3.64. The highest BCUT2D eigenvalue weighted by molar-refractivity contribution is 5.87. The Bertz CT molecular complexity index is 512. The Morgan fingerprint density at radius 3 is 2.36 bits per heavy atom. The van der Waals surface area contributed by atoms with Gasteiger partial charge in [0.2, 0.25) is 5.91 Å². The van der Waals surface area contributed by atoms with Gasteiger partial charge in [-0.1, -0.05) is 38.1 Å². The number of amides is 1. The van der Waals surface area contributed by atoms with E-state index in [-0.39, 0.29) is 23.7 Å². The largest absolute Gasteiger partial charge is 0.341 e. The monoisotopic (exact) mass is 324 g/mol. The van der Waals surface area contributed by atoms with Gasteiger partial charge in [0.1, 0.15) is 0 Å². The minimum Gasteiger partial charge on any atom is -0.341 e. The van der Waals surface area contributed by atoms with E-state index in [1.54, 1.807) is 0 Å². The number of benzene rings is 1. The molecule has 1 aromatic rings. The van der Waals surface area contributed by atoms with Crippen LogP contribution in [0, 0.1) is 5.41 Å². The molecule has 1 heterocycles. The molecule has 1 fully saturated rings. The first kappa shape index (κ1) is 19.0. The fourth-order valence-corrected chi connectivity index (χ4v) is 3.04. The van der Waals surface area contributed by atoms with Crippen molar-refractivity contribution < 1.29 is 4.79 Å². The lowest BCUT2D eigenvalue weighted by Crippen LogP contribution is -2.43. The summed E-state index contributed by atoms with van der Waals surface area (Å²) in [6.45, 7) is 10.6. The smallest absolute Gasteiger partial charge is 0.232 e. The molecule has 1 saturated heterocycles. The summed E-state index contributed by atoms with van der Waals surface area (Å²) in [4.78, 5) is 14.9. The molecular weight excluding hydrogens is 296 g/mol. The molecule has 2 rings (SSSR count). The number of likely N-dealkylation sites (tertiary alicyclic amines) is 1. The van der Waals surface area contributed by atoms with Gasteiger partial charge < -0.3 is 10.6 Å². The average Bonchev–Trinajstić information content (AvgIpc) is 2.89. The van der Waals surface area contributed by atoms with Crippen molar-refractivity contribution >= 4 is 18.3 Å². The lowest BCUT2D eigenvalue weighted by atomic mass is 9.82. The van der Waals surface area contributed by atoms with Crippen LogP contribution in [-0.4, -0.2) is 30.4 Å². The molecule has 1 aliphatic heterocycles.